The van der Waals surface area contributed by atoms with Gasteiger partial charge < -0.3 is 4.74 Å². The summed E-state index contributed by atoms with van der Waals surface area (Å²) in [5, 5.41) is 11.5. The van der Waals surface area contributed by atoms with Crippen molar-refractivity contribution >= 4 is 10.8 Å². The predicted octanol–water partition coefficient (Wildman–Crippen LogP) is 4.03. The maximum atomic E-state index is 13.6. The van der Waals surface area contributed by atoms with Gasteiger partial charge in [-0.1, -0.05) is 42.5 Å². The number of methoxy groups -OCH3 is 1. The van der Waals surface area contributed by atoms with E-state index in [9.17, 15) is 13.2 Å². The number of aromatic nitrogens is 2. The molecule has 3 rings (SSSR count). The lowest BCUT2D eigenvalue weighted by Crippen LogP contribution is -2.34. The molecule has 0 spiro atoms. The number of nitrogens with zero attached hydrogens (tertiary/aromatic N) is 2. The van der Waals surface area contributed by atoms with Gasteiger partial charge in [0.2, 0.25) is 5.88 Å². The van der Waals surface area contributed by atoms with E-state index < -0.39 is 12.2 Å². The molecule has 0 aliphatic heterocycles. The molecule has 4 nitrogen and oxygen atoms in total. The zero-order valence-electron chi connectivity index (χ0n) is 13.4. The molecule has 0 aliphatic carbocycles. The minimum absolute atomic E-state index is 0.0651. The Balaban J connectivity index is 1.89. The van der Waals surface area contributed by atoms with Crippen LogP contribution in [0.5, 0.6) is 5.88 Å². The number of halogens is 3. The molecule has 1 N–H and O–H groups in total. The Labute approximate surface area is 142 Å². The highest BCUT2D eigenvalue weighted by Crippen LogP contribution is 2.36. The third kappa shape index (κ3) is 3.88. The van der Waals surface area contributed by atoms with Gasteiger partial charge in [-0.05, 0) is 22.4 Å². The highest BCUT2D eigenvalue weighted by atomic mass is 19.4. The Morgan fingerprint density at radius 1 is 1.00 bits per heavy atom. The summed E-state index contributed by atoms with van der Waals surface area (Å²) < 4.78 is 45.8. The third-order valence-electron chi connectivity index (χ3n) is 3.85. The summed E-state index contributed by atoms with van der Waals surface area (Å²) in [6.07, 6.45) is -4.44. The molecular formula is C18H16F3N3O. The summed E-state index contributed by atoms with van der Waals surface area (Å²) in [7, 11) is 1.45. The van der Waals surface area contributed by atoms with E-state index in [0.717, 1.165) is 5.39 Å². The van der Waals surface area contributed by atoms with E-state index >= 15 is 0 Å². The van der Waals surface area contributed by atoms with Crippen LogP contribution in [0.1, 0.15) is 17.3 Å². The quantitative estimate of drug-likeness (QED) is 0.757. The third-order valence-corrected chi connectivity index (χ3v) is 3.85. The van der Waals surface area contributed by atoms with Crippen molar-refractivity contribution in [2.45, 2.75) is 18.8 Å². The summed E-state index contributed by atoms with van der Waals surface area (Å²) in [4.78, 5) is 0. The fourth-order valence-electron chi connectivity index (χ4n) is 2.66. The van der Waals surface area contributed by atoms with Gasteiger partial charge in [0.1, 0.15) is 6.04 Å². The van der Waals surface area contributed by atoms with Crippen LogP contribution in [0.2, 0.25) is 0 Å². The van der Waals surface area contributed by atoms with Crippen molar-refractivity contribution in [2.75, 3.05) is 7.11 Å². The molecule has 0 fully saturated rings. The molecule has 130 valence electrons. The lowest BCUT2D eigenvalue weighted by Gasteiger charge is -2.23. The van der Waals surface area contributed by atoms with Gasteiger partial charge in [-0.25, -0.2) is 0 Å². The molecule has 1 heterocycles. The summed E-state index contributed by atoms with van der Waals surface area (Å²) >= 11 is 0. The number of rotatable bonds is 5. The Hall–Kier alpha value is -2.67. The minimum atomic E-state index is -4.44. The highest BCUT2D eigenvalue weighted by molar-refractivity contribution is 5.86. The van der Waals surface area contributed by atoms with E-state index in [-0.39, 0.29) is 12.1 Å². The second-order valence-corrected chi connectivity index (χ2v) is 5.49. The standard InChI is InChI=1S/C18H16F3N3O/c1-25-16-10-9-13(23-24-16)11-22-17(18(19,20)21)15-8-4-6-12-5-2-3-7-14(12)15/h2-10,17,22H,11H2,1H3/t17-/m1/s1. The SMILES string of the molecule is COc1ccc(CN[C@H](c2cccc3ccccc23)C(F)(F)F)nn1. The first-order valence-electron chi connectivity index (χ1n) is 7.63. The van der Waals surface area contributed by atoms with Gasteiger partial charge in [0.25, 0.3) is 0 Å². The average molecular weight is 347 g/mol. The fourth-order valence-corrected chi connectivity index (χ4v) is 2.66. The van der Waals surface area contributed by atoms with E-state index in [1.807, 2.05) is 0 Å². The molecule has 25 heavy (non-hydrogen) atoms. The van der Waals surface area contributed by atoms with E-state index in [2.05, 4.69) is 15.5 Å². The number of hydrogen-bond acceptors (Lipinski definition) is 4. The van der Waals surface area contributed by atoms with Crippen LogP contribution in [0, 0.1) is 0 Å². The number of hydrogen-bond donors (Lipinski definition) is 1. The molecule has 7 heteroatoms. The zero-order chi connectivity index (χ0) is 17.9. The van der Waals surface area contributed by atoms with Gasteiger partial charge in [0.15, 0.2) is 0 Å². The smallest absolute Gasteiger partial charge is 0.407 e. The van der Waals surface area contributed by atoms with Gasteiger partial charge in [-0.15, -0.1) is 5.10 Å². The van der Waals surface area contributed by atoms with Crippen LogP contribution in [-0.4, -0.2) is 23.5 Å². The Morgan fingerprint density at radius 3 is 2.44 bits per heavy atom. The van der Waals surface area contributed by atoms with Crippen molar-refractivity contribution in [3.8, 4) is 5.88 Å². The number of alkyl halides is 3. The predicted molar refractivity (Wildman–Crippen MR) is 88.2 cm³/mol. The molecule has 0 saturated carbocycles. The second kappa shape index (κ2) is 7.06. The van der Waals surface area contributed by atoms with Gasteiger partial charge in [-0.3, -0.25) is 5.32 Å². The van der Waals surface area contributed by atoms with Crippen molar-refractivity contribution < 1.29 is 17.9 Å². The molecule has 2 aromatic carbocycles. The van der Waals surface area contributed by atoms with Gasteiger partial charge in [0, 0.05) is 12.6 Å². The molecule has 1 atom stereocenters. The first-order chi connectivity index (χ1) is 12.0. The molecule has 0 saturated heterocycles. The number of fused-ring (bicyclic) bond motifs is 1. The van der Waals surface area contributed by atoms with Crippen LogP contribution in [-0.2, 0) is 6.54 Å². The van der Waals surface area contributed by atoms with Crippen molar-refractivity contribution in [2.24, 2.45) is 0 Å². The molecule has 0 bridgehead atoms. The topological polar surface area (TPSA) is 47.0 Å². The Morgan fingerprint density at radius 2 is 1.76 bits per heavy atom. The minimum Gasteiger partial charge on any atom is -0.480 e. The van der Waals surface area contributed by atoms with Crippen molar-refractivity contribution in [1.82, 2.24) is 15.5 Å². The van der Waals surface area contributed by atoms with Crippen LogP contribution < -0.4 is 10.1 Å². The maximum Gasteiger partial charge on any atom is 0.407 e. The number of benzene rings is 2. The molecule has 0 unspecified atom stereocenters. The van der Waals surface area contributed by atoms with Gasteiger partial charge in [0.05, 0.1) is 12.8 Å². The van der Waals surface area contributed by atoms with Crippen LogP contribution in [0.3, 0.4) is 0 Å². The Bertz CT molecular complexity index is 845. The summed E-state index contributed by atoms with van der Waals surface area (Å²) in [5.41, 5.74) is 0.586. The summed E-state index contributed by atoms with van der Waals surface area (Å²) in [6, 6.07) is 13.3. The summed E-state index contributed by atoms with van der Waals surface area (Å²) in [5.74, 6) is 0.310. The van der Waals surface area contributed by atoms with Crippen LogP contribution >= 0.6 is 0 Å². The molecule has 0 radical (unpaired) electrons. The largest absolute Gasteiger partial charge is 0.480 e. The molecular weight excluding hydrogens is 331 g/mol. The maximum absolute atomic E-state index is 13.6. The fraction of sp³-hybridized carbons (Fsp3) is 0.222. The van der Waals surface area contributed by atoms with Gasteiger partial charge in [-0.2, -0.15) is 18.3 Å². The number of nitrogens with one attached hydrogen (secondary N) is 1. The van der Waals surface area contributed by atoms with E-state index in [4.69, 9.17) is 4.74 Å². The van der Waals surface area contributed by atoms with Crippen LogP contribution in [0.15, 0.2) is 54.6 Å². The first-order valence-corrected chi connectivity index (χ1v) is 7.63. The van der Waals surface area contributed by atoms with Crippen molar-refractivity contribution in [1.29, 1.82) is 0 Å². The van der Waals surface area contributed by atoms with Crippen molar-refractivity contribution in [3.05, 3.63) is 65.9 Å². The summed E-state index contributed by atoms with van der Waals surface area (Å²) in [6.45, 7) is -0.0651. The second-order valence-electron chi connectivity index (χ2n) is 5.49. The lowest BCUT2D eigenvalue weighted by molar-refractivity contribution is -0.157. The van der Waals surface area contributed by atoms with E-state index in [1.165, 1.54) is 13.2 Å². The first kappa shape index (κ1) is 17.2. The Kier molecular flexibility index (Phi) is 4.85. The van der Waals surface area contributed by atoms with E-state index in [0.29, 0.717) is 17.0 Å². The van der Waals surface area contributed by atoms with Crippen LogP contribution in [0.4, 0.5) is 13.2 Å². The molecule has 0 amide bonds. The van der Waals surface area contributed by atoms with Crippen LogP contribution in [0.25, 0.3) is 10.8 Å². The molecule has 1 aromatic heterocycles. The van der Waals surface area contributed by atoms with Gasteiger partial charge >= 0.3 is 6.18 Å². The molecule has 3 aromatic rings. The lowest BCUT2D eigenvalue weighted by atomic mass is 9.98. The monoisotopic (exact) mass is 347 g/mol. The average Bonchev–Trinajstić information content (AvgIpc) is 2.61. The number of ether oxygens (including phenoxy) is 1. The van der Waals surface area contributed by atoms with E-state index in [1.54, 1.807) is 48.5 Å². The highest BCUT2D eigenvalue weighted by Gasteiger charge is 2.41. The zero-order valence-corrected chi connectivity index (χ0v) is 13.4. The van der Waals surface area contributed by atoms with Crippen molar-refractivity contribution in [3.63, 3.8) is 0 Å². The normalized spacial score (nSPS) is 13.0. The molecule has 0 aliphatic rings.